The summed E-state index contributed by atoms with van der Waals surface area (Å²) in [5.41, 5.74) is 1.33. The summed E-state index contributed by atoms with van der Waals surface area (Å²) in [6.07, 6.45) is 2.57. The first kappa shape index (κ1) is 19.4. The summed E-state index contributed by atoms with van der Waals surface area (Å²) >= 11 is 6.56. The second kappa shape index (κ2) is 8.54. The minimum absolute atomic E-state index is 0.0800. The summed E-state index contributed by atoms with van der Waals surface area (Å²) in [5.74, 6) is 0.805. The van der Waals surface area contributed by atoms with Gasteiger partial charge in [0.25, 0.3) is 5.91 Å². The monoisotopic (exact) mass is 401 g/mol. The van der Waals surface area contributed by atoms with Gasteiger partial charge in [0, 0.05) is 18.2 Å². The molecule has 0 N–H and O–H groups in total. The van der Waals surface area contributed by atoms with Gasteiger partial charge in [0.2, 0.25) is 0 Å². The van der Waals surface area contributed by atoms with E-state index in [4.69, 9.17) is 21.4 Å². The summed E-state index contributed by atoms with van der Waals surface area (Å²) in [4.78, 5) is 26.3. The van der Waals surface area contributed by atoms with Crippen LogP contribution in [0, 0.1) is 0 Å². The number of esters is 1. The molecule has 7 heteroatoms. The molecular formula is C20H19NO4S2. The number of amides is 1. The molecule has 0 radical (unpaired) electrons. The third-order valence-electron chi connectivity index (χ3n) is 3.90. The third kappa shape index (κ3) is 4.31. The first-order valence-corrected chi connectivity index (χ1v) is 9.88. The molecule has 0 atom stereocenters. The second-order valence-corrected chi connectivity index (χ2v) is 7.51. The molecular weight excluding hydrogens is 382 g/mol. The number of hydrogen-bond acceptors (Lipinski definition) is 6. The van der Waals surface area contributed by atoms with E-state index in [2.05, 4.69) is 0 Å². The van der Waals surface area contributed by atoms with Crippen molar-refractivity contribution in [1.29, 1.82) is 0 Å². The molecule has 2 aromatic rings. The minimum Gasteiger partial charge on any atom is -0.462 e. The molecule has 1 aliphatic rings. The van der Waals surface area contributed by atoms with E-state index < -0.39 is 0 Å². The van der Waals surface area contributed by atoms with Crippen molar-refractivity contribution in [2.45, 2.75) is 20.3 Å². The zero-order chi connectivity index (χ0) is 19.4. The number of benzene rings is 1. The molecule has 0 spiro atoms. The number of thiocarbonyl (C=S) groups is 1. The summed E-state index contributed by atoms with van der Waals surface area (Å²) in [5, 5.41) is 0. The molecule has 5 nitrogen and oxygen atoms in total. The Morgan fingerprint density at radius 2 is 1.96 bits per heavy atom. The molecule has 0 saturated carbocycles. The van der Waals surface area contributed by atoms with Gasteiger partial charge >= 0.3 is 5.97 Å². The Bertz CT molecular complexity index is 899. The van der Waals surface area contributed by atoms with E-state index in [-0.39, 0.29) is 11.9 Å². The van der Waals surface area contributed by atoms with Gasteiger partial charge in [-0.2, -0.15) is 0 Å². The van der Waals surface area contributed by atoms with Crippen LogP contribution in [0.3, 0.4) is 0 Å². The molecule has 1 amide bonds. The van der Waals surface area contributed by atoms with Crippen molar-refractivity contribution in [3.8, 4) is 11.3 Å². The molecule has 1 aromatic carbocycles. The van der Waals surface area contributed by atoms with Gasteiger partial charge in [0.05, 0.1) is 17.1 Å². The van der Waals surface area contributed by atoms with Gasteiger partial charge in [-0.15, -0.1) is 0 Å². The lowest BCUT2D eigenvalue weighted by Crippen LogP contribution is -2.28. The minimum atomic E-state index is -0.349. The summed E-state index contributed by atoms with van der Waals surface area (Å²) in [6, 6.07) is 10.6. The van der Waals surface area contributed by atoms with E-state index >= 15 is 0 Å². The lowest BCUT2D eigenvalue weighted by molar-refractivity contribution is -0.122. The normalized spacial score (nSPS) is 15.6. The number of carbonyl (C=O) groups excluding carboxylic acids is 2. The summed E-state index contributed by atoms with van der Waals surface area (Å²) < 4.78 is 11.4. The Labute approximate surface area is 167 Å². The van der Waals surface area contributed by atoms with Crippen molar-refractivity contribution in [2.75, 3.05) is 13.2 Å². The molecule has 1 fully saturated rings. The maximum Gasteiger partial charge on any atom is 0.338 e. The van der Waals surface area contributed by atoms with Crippen LogP contribution in [0.25, 0.3) is 17.4 Å². The zero-order valence-corrected chi connectivity index (χ0v) is 16.7. The number of hydrogen-bond donors (Lipinski definition) is 0. The maximum absolute atomic E-state index is 12.4. The van der Waals surface area contributed by atoms with E-state index in [9.17, 15) is 9.59 Å². The van der Waals surface area contributed by atoms with Crippen LogP contribution < -0.4 is 0 Å². The first-order chi connectivity index (χ1) is 13.0. The number of furan rings is 1. The number of ether oxygens (including phenoxy) is 1. The largest absolute Gasteiger partial charge is 0.462 e. The Balaban J connectivity index is 1.76. The second-order valence-electron chi connectivity index (χ2n) is 5.83. The molecule has 3 rings (SSSR count). The van der Waals surface area contributed by atoms with Crippen LogP contribution in [0.4, 0.5) is 0 Å². The highest BCUT2D eigenvalue weighted by Crippen LogP contribution is 2.33. The van der Waals surface area contributed by atoms with Gasteiger partial charge in [-0.25, -0.2) is 4.79 Å². The quantitative estimate of drug-likeness (QED) is 0.396. The van der Waals surface area contributed by atoms with E-state index in [1.807, 2.05) is 13.0 Å². The number of thioether (sulfide) groups is 1. The number of nitrogens with zero attached hydrogens (tertiary/aromatic N) is 1. The first-order valence-electron chi connectivity index (χ1n) is 8.66. The Morgan fingerprint density at radius 1 is 1.22 bits per heavy atom. The highest BCUT2D eigenvalue weighted by molar-refractivity contribution is 8.26. The lowest BCUT2D eigenvalue weighted by atomic mass is 10.1. The molecule has 2 heterocycles. The van der Waals surface area contributed by atoms with E-state index in [0.717, 1.165) is 12.0 Å². The van der Waals surface area contributed by atoms with E-state index in [1.165, 1.54) is 11.8 Å². The van der Waals surface area contributed by atoms with E-state index in [0.29, 0.717) is 39.5 Å². The smallest absolute Gasteiger partial charge is 0.338 e. The van der Waals surface area contributed by atoms with Crippen molar-refractivity contribution >= 4 is 46.3 Å². The summed E-state index contributed by atoms with van der Waals surface area (Å²) in [6.45, 7) is 4.74. The molecule has 0 aliphatic carbocycles. The Hall–Kier alpha value is -2.38. The van der Waals surface area contributed by atoms with Gasteiger partial charge in [-0.3, -0.25) is 9.69 Å². The van der Waals surface area contributed by atoms with Gasteiger partial charge in [0.1, 0.15) is 15.8 Å². The number of rotatable bonds is 6. The maximum atomic E-state index is 12.4. The highest BCUT2D eigenvalue weighted by atomic mass is 32.2. The van der Waals surface area contributed by atoms with Crippen molar-refractivity contribution in [3.63, 3.8) is 0 Å². The van der Waals surface area contributed by atoms with Gasteiger partial charge in [-0.05, 0) is 37.6 Å². The average molecular weight is 402 g/mol. The van der Waals surface area contributed by atoms with Crippen molar-refractivity contribution in [2.24, 2.45) is 0 Å². The van der Waals surface area contributed by atoms with E-state index in [1.54, 1.807) is 48.2 Å². The zero-order valence-electron chi connectivity index (χ0n) is 15.1. The van der Waals surface area contributed by atoms with Crippen molar-refractivity contribution < 1.29 is 18.7 Å². The molecule has 1 aliphatic heterocycles. The molecule has 0 unspecified atom stereocenters. The van der Waals surface area contributed by atoms with Crippen LogP contribution in [0.2, 0.25) is 0 Å². The standard InChI is InChI=1S/C20H19NO4S2/c1-3-11-21-18(22)17(27-20(21)26)12-15-9-10-16(25-15)13-5-7-14(8-6-13)19(23)24-4-2/h5-10,12H,3-4,11H2,1-2H3/b17-12+. The Kier molecular flexibility index (Phi) is 6.13. The molecule has 1 saturated heterocycles. The van der Waals surface area contributed by atoms with Gasteiger partial charge in [-0.1, -0.05) is 43.0 Å². The van der Waals surface area contributed by atoms with Crippen molar-refractivity contribution in [1.82, 2.24) is 4.90 Å². The molecule has 1 aromatic heterocycles. The number of carbonyl (C=O) groups is 2. The van der Waals surface area contributed by atoms with Crippen molar-refractivity contribution in [3.05, 3.63) is 52.6 Å². The third-order valence-corrected chi connectivity index (χ3v) is 5.28. The summed E-state index contributed by atoms with van der Waals surface area (Å²) in [7, 11) is 0. The molecule has 140 valence electrons. The highest BCUT2D eigenvalue weighted by Gasteiger charge is 2.31. The topological polar surface area (TPSA) is 59.8 Å². The van der Waals surface area contributed by atoms with Gasteiger partial charge in [0.15, 0.2) is 0 Å². The Morgan fingerprint density at radius 3 is 2.63 bits per heavy atom. The van der Waals surface area contributed by atoms with Crippen LogP contribution in [0.1, 0.15) is 36.4 Å². The molecule has 0 bridgehead atoms. The van der Waals surface area contributed by atoms with Crippen LogP contribution in [0.5, 0.6) is 0 Å². The van der Waals surface area contributed by atoms with Crippen LogP contribution in [-0.2, 0) is 9.53 Å². The lowest BCUT2D eigenvalue weighted by Gasteiger charge is -2.11. The van der Waals surface area contributed by atoms with Crippen LogP contribution in [0.15, 0.2) is 45.7 Å². The predicted octanol–water partition coefficient (Wildman–Crippen LogP) is 4.73. The fourth-order valence-electron chi connectivity index (χ4n) is 2.62. The SMILES string of the molecule is CCCN1C(=O)/C(=C\c2ccc(-c3ccc(C(=O)OCC)cc3)o2)SC1=S. The predicted molar refractivity (Wildman–Crippen MR) is 110 cm³/mol. The van der Waals surface area contributed by atoms with Gasteiger partial charge < -0.3 is 9.15 Å². The van der Waals surface area contributed by atoms with Crippen LogP contribution in [-0.4, -0.2) is 34.2 Å². The average Bonchev–Trinajstić information content (AvgIpc) is 3.23. The fourth-order valence-corrected chi connectivity index (χ4v) is 3.90. The van der Waals surface area contributed by atoms with Crippen LogP contribution >= 0.6 is 24.0 Å². The fraction of sp³-hybridized carbons (Fsp3) is 0.250. The molecule has 27 heavy (non-hydrogen) atoms.